The number of benzene rings is 1. The molecule has 25 heavy (non-hydrogen) atoms. The molecule has 1 unspecified atom stereocenters. The van der Waals surface area contributed by atoms with Crippen molar-refractivity contribution in [2.24, 2.45) is 5.92 Å². The van der Waals surface area contributed by atoms with Gasteiger partial charge in [-0.15, -0.1) is 0 Å². The van der Waals surface area contributed by atoms with Crippen LogP contribution in [0.3, 0.4) is 0 Å². The molecule has 136 valence electrons. The van der Waals surface area contributed by atoms with Crippen molar-refractivity contribution in [3.63, 3.8) is 0 Å². The second kappa shape index (κ2) is 8.02. The van der Waals surface area contributed by atoms with Crippen molar-refractivity contribution in [3.8, 4) is 5.75 Å². The first-order valence-electron chi connectivity index (χ1n) is 9.09. The average Bonchev–Trinajstić information content (AvgIpc) is 2.62. The summed E-state index contributed by atoms with van der Waals surface area (Å²) in [6.45, 7) is 5.43. The standard InChI is InChI=1S/C20H27NO4/c1-2-24-19(22)5-3-4-16-6-8-18(9-7-16)25-15-20(23)14-21-12-10-17(20)11-13-21/h3,5-9,17,23H,2,4,10-15H2,1H3. The summed E-state index contributed by atoms with van der Waals surface area (Å²) in [7, 11) is 0. The highest BCUT2D eigenvalue weighted by molar-refractivity contribution is 5.81. The number of aliphatic hydroxyl groups is 1. The molecule has 0 spiro atoms. The van der Waals surface area contributed by atoms with Crippen molar-refractivity contribution in [2.45, 2.75) is 31.8 Å². The minimum atomic E-state index is -0.725. The summed E-state index contributed by atoms with van der Waals surface area (Å²) in [6.07, 6.45) is 6.04. The minimum absolute atomic E-state index is 0.312. The second-order valence-corrected chi connectivity index (χ2v) is 6.95. The van der Waals surface area contributed by atoms with Crippen molar-refractivity contribution in [1.29, 1.82) is 0 Å². The van der Waals surface area contributed by atoms with Crippen molar-refractivity contribution < 1.29 is 19.4 Å². The Morgan fingerprint density at radius 1 is 1.32 bits per heavy atom. The van der Waals surface area contributed by atoms with Crippen LogP contribution in [0.4, 0.5) is 0 Å². The number of fused-ring (bicyclic) bond motifs is 3. The summed E-state index contributed by atoms with van der Waals surface area (Å²) >= 11 is 0. The Labute approximate surface area is 149 Å². The van der Waals surface area contributed by atoms with Crippen LogP contribution in [0.25, 0.3) is 0 Å². The molecule has 0 aromatic heterocycles. The molecule has 0 saturated carbocycles. The van der Waals surface area contributed by atoms with Gasteiger partial charge in [0.15, 0.2) is 0 Å². The van der Waals surface area contributed by atoms with Crippen LogP contribution in [-0.2, 0) is 16.0 Å². The van der Waals surface area contributed by atoms with Crippen LogP contribution in [0, 0.1) is 5.92 Å². The van der Waals surface area contributed by atoms with Crippen molar-refractivity contribution in [2.75, 3.05) is 32.8 Å². The number of esters is 1. The zero-order chi connectivity index (χ0) is 17.7. The van der Waals surface area contributed by atoms with Gasteiger partial charge in [-0.25, -0.2) is 4.79 Å². The van der Waals surface area contributed by atoms with Gasteiger partial charge in [-0.3, -0.25) is 0 Å². The third-order valence-corrected chi connectivity index (χ3v) is 5.15. The molecule has 0 aliphatic carbocycles. The number of ether oxygens (including phenoxy) is 2. The van der Waals surface area contributed by atoms with Crippen LogP contribution < -0.4 is 4.74 Å². The van der Waals surface area contributed by atoms with Gasteiger partial charge in [0.05, 0.1) is 6.61 Å². The lowest BCUT2D eigenvalue weighted by atomic mass is 9.76. The molecular weight excluding hydrogens is 318 g/mol. The fraction of sp³-hybridized carbons (Fsp3) is 0.550. The van der Waals surface area contributed by atoms with E-state index in [1.54, 1.807) is 13.0 Å². The second-order valence-electron chi connectivity index (χ2n) is 6.95. The van der Waals surface area contributed by atoms with Gasteiger partial charge in [0.2, 0.25) is 0 Å². The maximum atomic E-state index is 11.3. The third kappa shape index (κ3) is 4.61. The van der Waals surface area contributed by atoms with E-state index in [0.717, 1.165) is 37.2 Å². The van der Waals surface area contributed by atoms with Crippen LogP contribution >= 0.6 is 0 Å². The number of rotatable bonds is 7. The number of allylic oxidation sites excluding steroid dienone is 1. The van der Waals surface area contributed by atoms with Crippen LogP contribution in [0.5, 0.6) is 5.75 Å². The highest BCUT2D eigenvalue weighted by Crippen LogP contribution is 2.36. The zero-order valence-electron chi connectivity index (χ0n) is 14.8. The van der Waals surface area contributed by atoms with E-state index in [0.29, 0.717) is 32.1 Å². The number of hydrogen-bond acceptors (Lipinski definition) is 5. The SMILES string of the molecule is CCOC(=O)C=CCc1ccc(OCC2(O)CN3CCC2CC3)cc1. The maximum Gasteiger partial charge on any atom is 0.330 e. The van der Waals surface area contributed by atoms with Gasteiger partial charge in [0, 0.05) is 12.6 Å². The summed E-state index contributed by atoms with van der Waals surface area (Å²) in [6, 6.07) is 7.79. The summed E-state index contributed by atoms with van der Waals surface area (Å²) in [4.78, 5) is 13.6. The van der Waals surface area contributed by atoms with Crippen LogP contribution in [0.15, 0.2) is 36.4 Å². The fourth-order valence-electron chi connectivity index (χ4n) is 3.72. The number of nitrogens with zero attached hydrogens (tertiary/aromatic N) is 1. The highest BCUT2D eigenvalue weighted by atomic mass is 16.5. The van der Waals surface area contributed by atoms with Crippen molar-refractivity contribution in [1.82, 2.24) is 4.90 Å². The Balaban J connectivity index is 1.49. The minimum Gasteiger partial charge on any atom is -0.491 e. The number of carbonyl (C=O) groups is 1. The normalized spacial score (nSPS) is 28.2. The van der Waals surface area contributed by atoms with Crippen LogP contribution in [0.1, 0.15) is 25.3 Å². The summed E-state index contributed by atoms with van der Waals surface area (Å²) < 4.78 is 10.7. The fourth-order valence-corrected chi connectivity index (χ4v) is 3.72. The molecule has 4 rings (SSSR count). The Morgan fingerprint density at radius 3 is 2.64 bits per heavy atom. The molecule has 5 heteroatoms. The van der Waals surface area contributed by atoms with Crippen LogP contribution in [0.2, 0.25) is 0 Å². The average molecular weight is 345 g/mol. The molecule has 3 aliphatic rings. The van der Waals surface area contributed by atoms with Gasteiger partial charge >= 0.3 is 5.97 Å². The van der Waals surface area contributed by atoms with Crippen molar-refractivity contribution in [3.05, 3.63) is 42.0 Å². The lowest BCUT2D eigenvalue weighted by Gasteiger charge is -2.50. The Morgan fingerprint density at radius 2 is 2.04 bits per heavy atom. The summed E-state index contributed by atoms with van der Waals surface area (Å²) in [5, 5.41) is 10.9. The molecule has 5 nitrogen and oxygen atoms in total. The topological polar surface area (TPSA) is 59.0 Å². The van der Waals surface area contributed by atoms with Gasteiger partial charge in [0.25, 0.3) is 0 Å². The van der Waals surface area contributed by atoms with Gasteiger partial charge < -0.3 is 19.5 Å². The Bertz CT molecular complexity index is 605. The molecule has 1 N–H and O–H groups in total. The van der Waals surface area contributed by atoms with E-state index in [1.165, 1.54) is 6.08 Å². The highest BCUT2D eigenvalue weighted by Gasteiger charge is 2.45. The number of hydrogen-bond donors (Lipinski definition) is 1. The molecule has 3 fully saturated rings. The van der Waals surface area contributed by atoms with Gasteiger partial charge in [-0.1, -0.05) is 18.2 Å². The van der Waals surface area contributed by atoms with E-state index in [1.807, 2.05) is 24.3 Å². The number of piperidine rings is 3. The van der Waals surface area contributed by atoms with E-state index in [2.05, 4.69) is 4.90 Å². The van der Waals surface area contributed by atoms with Gasteiger partial charge in [-0.05, 0) is 62.9 Å². The number of carbonyl (C=O) groups excluding carboxylic acids is 1. The van der Waals surface area contributed by atoms with E-state index < -0.39 is 5.60 Å². The predicted octanol–water partition coefficient (Wildman–Crippen LogP) is 2.18. The van der Waals surface area contributed by atoms with E-state index in [9.17, 15) is 9.90 Å². The molecule has 1 atom stereocenters. The molecule has 3 heterocycles. The van der Waals surface area contributed by atoms with E-state index >= 15 is 0 Å². The molecular formula is C20H27NO4. The first kappa shape index (κ1) is 18.0. The Kier molecular flexibility index (Phi) is 5.76. The van der Waals surface area contributed by atoms with Gasteiger partial charge in [0.1, 0.15) is 18.0 Å². The lowest BCUT2D eigenvalue weighted by molar-refractivity contribution is -0.137. The zero-order valence-corrected chi connectivity index (χ0v) is 14.8. The molecule has 1 aromatic rings. The molecule has 1 aromatic carbocycles. The Hall–Kier alpha value is -1.85. The monoisotopic (exact) mass is 345 g/mol. The largest absolute Gasteiger partial charge is 0.491 e. The quantitative estimate of drug-likeness (QED) is 0.606. The molecule has 3 aliphatic heterocycles. The molecule has 0 radical (unpaired) electrons. The predicted molar refractivity (Wildman–Crippen MR) is 95.5 cm³/mol. The maximum absolute atomic E-state index is 11.3. The third-order valence-electron chi connectivity index (χ3n) is 5.15. The first-order chi connectivity index (χ1) is 12.1. The van der Waals surface area contributed by atoms with E-state index in [-0.39, 0.29) is 5.97 Å². The first-order valence-corrected chi connectivity index (χ1v) is 9.09. The lowest BCUT2D eigenvalue weighted by Crippen LogP contribution is -2.61. The summed E-state index contributed by atoms with van der Waals surface area (Å²) in [5.41, 5.74) is 0.367. The van der Waals surface area contributed by atoms with Crippen LogP contribution in [-0.4, -0.2) is 54.4 Å². The molecule has 0 amide bonds. The smallest absolute Gasteiger partial charge is 0.330 e. The van der Waals surface area contributed by atoms with Crippen molar-refractivity contribution >= 4 is 5.97 Å². The van der Waals surface area contributed by atoms with Gasteiger partial charge in [-0.2, -0.15) is 0 Å². The van der Waals surface area contributed by atoms with E-state index in [4.69, 9.17) is 9.47 Å². The molecule has 3 saturated heterocycles. The summed E-state index contributed by atoms with van der Waals surface area (Å²) in [5.74, 6) is 0.806. The molecule has 2 bridgehead atoms.